The highest BCUT2D eigenvalue weighted by atomic mass is 16.3. The Labute approximate surface area is 86.1 Å². The van der Waals surface area contributed by atoms with Gasteiger partial charge >= 0.3 is 0 Å². The molecule has 1 nitrogen and oxygen atoms in total. The molecular weight excluding hydrogens is 172 g/mol. The molecule has 1 aromatic rings. The summed E-state index contributed by atoms with van der Waals surface area (Å²) in [5.74, 6) is 0.528. The number of rotatable bonds is 4. The van der Waals surface area contributed by atoms with E-state index in [9.17, 15) is 5.11 Å². The minimum atomic E-state index is -0.436. The molecule has 0 aliphatic heterocycles. The summed E-state index contributed by atoms with van der Waals surface area (Å²) in [6.07, 6.45) is 1.40. The fourth-order valence-electron chi connectivity index (χ4n) is 1.64. The van der Waals surface area contributed by atoms with E-state index in [-0.39, 0.29) is 5.92 Å². The lowest BCUT2D eigenvalue weighted by molar-refractivity contribution is 0.108. The van der Waals surface area contributed by atoms with Crippen molar-refractivity contribution in [3.05, 3.63) is 48.6 Å². The Kier molecular flexibility index (Phi) is 3.90. The molecule has 0 unspecified atom stereocenters. The van der Waals surface area contributed by atoms with Crippen molar-refractivity contribution in [1.29, 1.82) is 0 Å². The molecule has 2 atom stereocenters. The third-order valence-electron chi connectivity index (χ3n) is 2.55. The number of hydrogen-bond acceptors (Lipinski definition) is 1. The smallest absolute Gasteiger partial charge is 0.0854 e. The largest absolute Gasteiger partial charge is 0.388 e. The van der Waals surface area contributed by atoms with Crippen LogP contribution in [0.5, 0.6) is 0 Å². The van der Waals surface area contributed by atoms with Gasteiger partial charge in [0.15, 0.2) is 0 Å². The first-order valence-electron chi connectivity index (χ1n) is 5.02. The van der Waals surface area contributed by atoms with Gasteiger partial charge in [0.1, 0.15) is 0 Å². The maximum Gasteiger partial charge on any atom is 0.0854 e. The van der Waals surface area contributed by atoms with Crippen LogP contribution in [0.1, 0.15) is 25.5 Å². The van der Waals surface area contributed by atoms with Crippen molar-refractivity contribution in [3.63, 3.8) is 0 Å². The first-order valence-corrected chi connectivity index (χ1v) is 5.02. The zero-order valence-electron chi connectivity index (χ0n) is 8.85. The van der Waals surface area contributed by atoms with Gasteiger partial charge < -0.3 is 5.11 Å². The average Bonchev–Trinajstić information content (AvgIpc) is 2.19. The van der Waals surface area contributed by atoms with Gasteiger partial charge in [-0.25, -0.2) is 0 Å². The van der Waals surface area contributed by atoms with E-state index in [4.69, 9.17) is 0 Å². The van der Waals surface area contributed by atoms with Crippen molar-refractivity contribution in [2.75, 3.05) is 0 Å². The first kappa shape index (κ1) is 11.0. The lowest BCUT2D eigenvalue weighted by atomic mass is 9.87. The summed E-state index contributed by atoms with van der Waals surface area (Å²) in [6, 6.07) is 9.74. The molecule has 0 bridgehead atoms. The highest BCUT2D eigenvalue weighted by Crippen LogP contribution is 2.28. The molecule has 0 fully saturated rings. The van der Waals surface area contributed by atoms with Crippen LogP contribution in [0.3, 0.4) is 0 Å². The Bertz CT molecular complexity index is 277. The van der Waals surface area contributed by atoms with Gasteiger partial charge in [0.05, 0.1) is 6.10 Å². The molecule has 14 heavy (non-hydrogen) atoms. The predicted octanol–water partition coefficient (Wildman–Crippen LogP) is 3.18. The topological polar surface area (TPSA) is 20.2 Å². The summed E-state index contributed by atoms with van der Waals surface area (Å²) in [5.41, 5.74) is 0.964. The molecule has 0 aliphatic carbocycles. The van der Waals surface area contributed by atoms with Crippen molar-refractivity contribution in [2.24, 2.45) is 11.8 Å². The highest BCUT2D eigenvalue weighted by molar-refractivity contribution is 5.19. The molecule has 0 aromatic heterocycles. The van der Waals surface area contributed by atoms with Crippen LogP contribution in [0, 0.1) is 11.8 Å². The second-order valence-electron chi connectivity index (χ2n) is 3.91. The number of aliphatic hydroxyl groups is 1. The fourth-order valence-corrected chi connectivity index (χ4v) is 1.64. The Hall–Kier alpha value is -1.08. The third-order valence-corrected chi connectivity index (χ3v) is 2.55. The summed E-state index contributed by atoms with van der Waals surface area (Å²) in [4.78, 5) is 0. The second kappa shape index (κ2) is 4.97. The Morgan fingerprint density at radius 3 is 2.21 bits per heavy atom. The van der Waals surface area contributed by atoms with Crippen LogP contribution >= 0.6 is 0 Å². The van der Waals surface area contributed by atoms with E-state index in [1.54, 1.807) is 0 Å². The Balaban J connectivity index is 2.83. The maximum absolute atomic E-state index is 10.1. The number of aliphatic hydroxyl groups excluding tert-OH is 1. The van der Waals surface area contributed by atoms with Gasteiger partial charge in [0, 0.05) is 5.92 Å². The zero-order valence-corrected chi connectivity index (χ0v) is 8.85. The Morgan fingerprint density at radius 2 is 1.79 bits per heavy atom. The molecule has 1 rings (SSSR count). The third kappa shape index (κ3) is 2.46. The standard InChI is InChI=1S/C13H18O/c1-4-12(10(2)3)13(14)11-8-6-5-7-9-11/h4-10,12-14H,1H2,2-3H3/t12-,13-/m1/s1. The summed E-state index contributed by atoms with van der Waals surface area (Å²) in [7, 11) is 0. The molecule has 76 valence electrons. The summed E-state index contributed by atoms with van der Waals surface area (Å²) in [6.45, 7) is 7.96. The molecule has 0 saturated carbocycles. The molecular formula is C13H18O. The van der Waals surface area contributed by atoms with E-state index in [0.29, 0.717) is 5.92 Å². The van der Waals surface area contributed by atoms with Crippen molar-refractivity contribution in [2.45, 2.75) is 20.0 Å². The van der Waals surface area contributed by atoms with E-state index in [0.717, 1.165) is 5.56 Å². The van der Waals surface area contributed by atoms with E-state index < -0.39 is 6.10 Å². The monoisotopic (exact) mass is 190 g/mol. The van der Waals surface area contributed by atoms with Crippen LogP contribution in [0.15, 0.2) is 43.0 Å². The molecule has 0 aliphatic rings. The van der Waals surface area contributed by atoms with Crippen molar-refractivity contribution in [1.82, 2.24) is 0 Å². The van der Waals surface area contributed by atoms with Crippen molar-refractivity contribution >= 4 is 0 Å². The molecule has 0 heterocycles. The zero-order chi connectivity index (χ0) is 10.6. The lowest BCUT2D eigenvalue weighted by Gasteiger charge is -2.23. The van der Waals surface area contributed by atoms with E-state index in [1.807, 2.05) is 36.4 Å². The van der Waals surface area contributed by atoms with Gasteiger partial charge in [-0.1, -0.05) is 50.3 Å². The van der Waals surface area contributed by atoms with E-state index in [1.165, 1.54) is 0 Å². The van der Waals surface area contributed by atoms with E-state index >= 15 is 0 Å². The van der Waals surface area contributed by atoms with Crippen LogP contribution in [0.25, 0.3) is 0 Å². The first-order chi connectivity index (χ1) is 6.66. The molecule has 0 spiro atoms. The van der Waals surface area contributed by atoms with Crippen LogP contribution in [-0.4, -0.2) is 5.11 Å². The van der Waals surface area contributed by atoms with Gasteiger partial charge in [-0.2, -0.15) is 0 Å². The fraction of sp³-hybridized carbons (Fsp3) is 0.385. The molecule has 1 N–H and O–H groups in total. The SMILES string of the molecule is C=C[C@H](C(C)C)[C@H](O)c1ccccc1. The summed E-state index contributed by atoms with van der Waals surface area (Å²) in [5, 5.41) is 10.1. The average molecular weight is 190 g/mol. The van der Waals surface area contributed by atoms with Gasteiger partial charge in [-0.15, -0.1) is 6.58 Å². The van der Waals surface area contributed by atoms with Gasteiger partial charge in [0.2, 0.25) is 0 Å². The van der Waals surface area contributed by atoms with Crippen molar-refractivity contribution in [3.8, 4) is 0 Å². The normalized spacial score (nSPS) is 15.1. The quantitative estimate of drug-likeness (QED) is 0.723. The molecule has 0 saturated heterocycles. The minimum Gasteiger partial charge on any atom is -0.388 e. The van der Waals surface area contributed by atoms with Gasteiger partial charge in [-0.05, 0) is 11.5 Å². The van der Waals surface area contributed by atoms with E-state index in [2.05, 4.69) is 20.4 Å². The van der Waals surface area contributed by atoms with Gasteiger partial charge in [-0.3, -0.25) is 0 Å². The highest BCUT2D eigenvalue weighted by Gasteiger charge is 2.20. The number of benzene rings is 1. The summed E-state index contributed by atoms with van der Waals surface area (Å²) < 4.78 is 0. The van der Waals surface area contributed by atoms with Gasteiger partial charge in [0.25, 0.3) is 0 Å². The maximum atomic E-state index is 10.1. The van der Waals surface area contributed by atoms with Crippen LogP contribution in [0.4, 0.5) is 0 Å². The minimum absolute atomic E-state index is 0.123. The molecule has 0 amide bonds. The predicted molar refractivity (Wildman–Crippen MR) is 59.9 cm³/mol. The Morgan fingerprint density at radius 1 is 1.21 bits per heavy atom. The number of hydrogen-bond donors (Lipinski definition) is 1. The van der Waals surface area contributed by atoms with Crippen LogP contribution in [-0.2, 0) is 0 Å². The second-order valence-corrected chi connectivity index (χ2v) is 3.91. The van der Waals surface area contributed by atoms with Crippen LogP contribution < -0.4 is 0 Å². The molecule has 1 aromatic carbocycles. The summed E-state index contributed by atoms with van der Waals surface area (Å²) >= 11 is 0. The molecule has 1 heteroatoms. The van der Waals surface area contributed by atoms with Crippen LogP contribution in [0.2, 0.25) is 0 Å². The van der Waals surface area contributed by atoms with Crippen molar-refractivity contribution < 1.29 is 5.11 Å². The lowest BCUT2D eigenvalue weighted by Crippen LogP contribution is -2.15. The molecule has 0 radical (unpaired) electrons.